The van der Waals surface area contributed by atoms with Gasteiger partial charge in [0.2, 0.25) is 0 Å². The van der Waals surface area contributed by atoms with Crippen LogP contribution in [0.2, 0.25) is 10.0 Å². The van der Waals surface area contributed by atoms with E-state index in [4.69, 9.17) is 23.2 Å². The summed E-state index contributed by atoms with van der Waals surface area (Å²) < 4.78 is 59.6. The predicted octanol–water partition coefficient (Wildman–Crippen LogP) is 5.68. The molecule has 0 saturated carbocycles. The summed E-state index contributed by atoms with van der Waals surface area (Å²) in [7, 11) is 0. The van der Waals surface area contributed by atoms with Crippen LogP contribution in [0.5, 0.6) is 0 Å². The van der Waals surface area contributed by atoms with Gasteiger partial charge in [-0.15, -0.1) is 0 Å². The van der Waals surface area contributed by atoms with Gasteiger partial charge in [0.25, 0.3) is 0 Å². The molecule has 0 fully saturated rings. The zero-order valence-electron chi connectivity index (χ0n) is 8.86. The third-order valence-electron chi connectivity index (χ3n) is 1.17. The average molecular weight is 430 g/mol. The summed E-state index contributed by atoms with van der Waals surface area (Å²) in [5.41, 5.74) is 1.08. The number of hydrogen-bond donors (Lipinski definition) is 1. The zero-order chi connectivity index (χ0) is 14.0. The summed E-state index contributed by atoms with van der Waals surface area (Å²) in [4.78, 5) is 0. The summed E-state index contributed by atoms with van der Waals surface area (Å²) in [5.74, 6) is 0.691. The van der Waals surface area contributed by atoms with Crippen LogP contribution in [0.15, 0.2) is 18.2 Å². The van der Waals surface area contributed by atoms with Crippen molar-refractivity contribution in [2.45, 2.75) is 5.75 Å². The minimum absolute atomic E-state index is 0. The summed E-state index contributed by atoms with van der Waals surface area (Å²) in [6.07, 6.45) is 0. The van der Waals surface area contributed by atoms with Gasteiger partial charge < -0.3 is 0 Å². The Hall–Kier alpha value is 0.548. The standard InChI is InChI=1S/C7H6Cl2S.6FH.Sb/c8-6-2-1-5(4-10)3-7(6)9;;;;;;;/h1-3,10H,4H2;6*1H;/q;;;;;;;+5/p-5. The van der Waals surface area contributed by atoms with Gasteiger partial charge in [0.1, 0.15) is 0 Å². The molecular formula is C7H7Cl2F6SSb. The summed E-state index contributed by atoms with van der Waals surface area (Å²) in [6, 6.07) is 5.49. The molecule has 0 aliphatic heterocycles. The molecule has 0 heterocycles. The molecule has 10 heteroatoms. The smallest absolute Gasteiger partial charge is 1.00 e. The Morgan fingerprint density at radius 2 is 1.41 bits per heavy atom. The Morgan fingerprint density at radius 1 is 1.00 bits per heavy atom. The van der Waals surface area contributed by atoms with E-state index in [-0.39, 0.29) is 1.43 Å². The van der Waals surface area contributed by atoms with Crippen molar-refractivity contribution in [3.8, 4) is 0 Å². The minimum Gasteiger partial charge on any atom is 1.00 e. The quantitative estimate of drug-likeness (QED) is 0.331. The number of thiol groups is 1. The van der Waals surface area contributed by atoms with Gasteiger partial charge in [-0.2, -0.15) is 12.6 Å². The Morgan fingerprint density at radius 3 is 1.71 bits per heavy atom. The predicted molar refractivity (Wildman–Crippen MR) is 62.7 cm³/mol. The van der Waals surface area contributed by atoms with E-state index in [1.54, 1.807) is 6.07 Å². The molecule has 1 aromatic rings. The van der Waals surface area contributed by atoms with E-state index in [1.807, 2.05) is 12.1 Å². The summed E-state index contributed by atoms with van der Waals surface area (Å²) in [6.45, 7) is 0. The van der Waals surface area contributed by atoms with E-state index in [9.17, 15) is 16.9 Å². The molecule has 102 valence electrons. The first kappa shape index (κ1) is 17.5. The molecule has 0 saturated heterocycles. The molecule has 0 spiro atoms. The van der Waals surface area contributed by atoms with Crippen molar-refractivity contribution < 1.29 is 18.3 Å². The van der Waals surface area contributed by atoms with Crippen molar-refractivity contribution in [2.24, 2.45) is 0 Å². The van der Waals surface area contributed by atoms with Crippen molar-refractivity contribution in [2.75, 3.05) is 0 Å². The summed E-state index contributed by atoms with van der Waals surface area (Å²) in [5, 5.41) is 1.18. The van der Waals surface area contributed by atoms with Gasteiger partial charge in [-0.3, -0.25) is 0 Å². The molecule has 0 unspecified atom stereocenters. The average Bonchev–Trinajstić information content (AvgIpc) is 2.04. The first-order valence-electron chi connectivity index (χ1n) is 3.80. The first-order valence-corrected chi connectivity index (χ1v) is 11.0. The van der Waals surface area contributed by atoms with Gasteiger partial charge in [-0.05, 0) is 17.7 Å². The molecule has 0 N–H and O–H groups in total. The van der Waals surface area contributed by atoms with Crippen LogP contribution in [0.25, 0.3) is 0 Å². The van der Waals surface area contributed by atoms with Crippen LogP contribution in [0.4, 0.5) is 16.9 Å². The van der Waals surface area contributed by atoms with Gasteiger partial charge in [-0.1, -0.05) is 29.3 Å². The van der Waals surface area contributed by atoms with Gasteiger partial charge in [-0.25, -0.2) is 0 Å². The second kappa shape index (κ2) is 4.91. The maximum Gasteiger partial charge on any atom is 1.00 e. The molecule has 0 atom stereocenters. The van der Waals surface area contributed by atoms with Crippen LogP contribution in [0, 0.1) is 0 Å². The number of halogens is 8. The van der Waals surface area contributed by atoms with Crippen LogP contribution < -0.4 is 0 Å². The molecule has 0 amide bonds. The molecule has 0 aromatic heterocycles. The van der Waals surface area contributed by atoms with Gasteiger partial charge >= 0.3 is 37.8 Å². The van der Waals surface area contributed by atoms with Crippen LogP contribution in [-0.4, -0.2) is 19.5 Å². The minimum atomic E-state index is -11.2. The molecule has 0 aliphatic rings. The van der Waals surface area contributed by atoms with E-state index in [1.165, 1.54) is 0 Å². The van der Waals surface area contributed by atoms with Crippen molar-refractivity contribution >= 4 is 55.3 Å². The number of hydrogen-bond acceptors (Lipinski definition) is 1. The van der Waals surface area contributed by atoms with Gasteiger partial charge in [0.15, 0.2) is 0 Å². The fourth-order valence-electron chi connectivity index (χ4n) is 0.638. The zero-order valence-corrected chi connectivity index (χ0v) is 12.8. The van der Waals surface area contributed by atoms with Crippen LogP contribution in [0.1, 0.15) is 6.99 Å². The topological polar surface area (TPSA) is 0 Å². The van der Waals surface area contributed by atoms with Crippen LogP contribution in [-0.2, 0) is 5.75 Å². The Bertz CT molecular complexity index is 397. The van der Waals surface area contributed by atoms with Crippen molar-refractivity contribution in [1.82, 2.24) is 0 Å². The van der Waals surface area contributed by atoms with Crippen molar-refractivity contribution in [3.63, 3.8) is 0 Å². The number of benzene rings is 1. The van der Waals surface area contributed by atoms with Crippen molar-refractivity contribution in [1.29, 1.82) is 0 Å². The molecule has 1 aromatic carbocycles. The Labute approximate surface area is 113 Å². The Balaban J connectivity index is 0. The number of rotatable bonds is 1. The largest absolute Gasteiger partial charge is 1.00 e. The van der Waals surface area contributed by atoms with E-state index in [2.05, 4.69) is 12.6 Å². The second-order valence-corrected chi connectivity index (χ2v) is 9.47. The summed E-state index contributed by atoms with van der Waals surface area (Å²) >= 11 is 4.25. The maximum absolute atomic E-state index is 11.2. The third-order valence-corrected chi connectivity index (χ3v) is 2.27. The first-order chi connectivity index (χ1) is 7.19. The maximum atomic E-state index is 9.93. The van der Waals surface area contributed by atoms with Crippen molar-refractivity contribution in [3.05, 3.63) is 33.8 Å². The second-order valence-electron chi connectivity index (χ2n) is 2.86. The van der Waals surface area contributed by atoms with E-state index < -0.39 is 19.5 Å². The van der Waals surface area contributed by atoms with E-state index >= 15 is 0 Å². The van der Waals surface area contributed by atoms with Crippen LogP contribution in [0.3, 0.4) is 0 Å². The molecule has 17 heavy (non-hydrogen) atoms. The normalized spacial score (nSPS) is 15.4. The van der Waals surface area contributed by atoms with Crippen LogP contribution >= 0.6 is 35.8 Å². The van der Waals surface area contributed by atoms with E-state index in [0.717, 1.165) is 5.56 Å². The fraction of sp³-hybridized carbons (Fsp3) is 0.143. The monoisotopic (exact) mass is 428 g/mol. The molecular weight excluding hydrogens is 423 g/mol. The fourth-order valence-corrected chi connectivity index (χ4v) is 1.16. The third kappa shape index (κ3) is 14.5. The molecule has 0 aliphatic carbocycles. The Kier molecular flexibility index (Phi) is 5.07. The SMILES string of the molecule is SCc1ccc(Cl)c(Cl)c1.[F][Sb-]([F])([F])([F])([F])[F].[H+]. The van der Waals surface area contributed by atoms with E-state index in [0.29, 0.717) is 15.8 Å². The van der Waals surface area contributed by atoms with Gasteiger partial charge in [0.05, 0.1) is 10.0 Å². The molecule has 0 bridgehead atoms. The molecule has 0 nitrogen and oxygen atoms in total. The molecule has 0 radical (unpaired) electrons. The molecule has 1 rings (SSSR count). The van der Waals surface area contributed by atoms with Gasteiger partial charge in [0, 0.05) is 5.75 Å².